The summed E-state index contributed by atoms with van der Waals surface area (Å²) in [5.41, 5.74) is 2.51. The van der Waals surface area contributed by atoms with Crippen LogP contribution in [0.15, 0.2) is 12.1 Å². The second-order valence-electron chi connectivity index (χ2n) is 4.82. The molecule has 0 fully saturated rings. The summed E-state index contributed by atoms with van der Waals surface area (Å²) in [7, 11) is 1.04. The van der Waals surface area contributed by atoms with Crippen LogP contribution in [0, 0.1) is 11.6 Å². The van der Waals surface area contributed by atoms with E-state index in [1.54, 1.807) is 0 Å². The van der Waals surface area contributed by atoms with E-state index in [0.29, 0.717) is 12.1 Å². The Bertz CT molecular complexity index is 904. The fourth-order valence-corrected chi connectivity index (χ4v) is 2.25. The molecule has 1 aromatic heterocycles. The Kier molecular flexibility index (Phi) is 3.59. The van der Waals surface area contributed by atoms with Crippen LogP contribution in [0.5, 0.6) is 17.2 Å². The molecule has 0 saturated carbocycles. The molecule has 25 heavy (non-hydrogen) atoms. The summed E-state index contributed by atoms with van der Waals surface area (Å²) in [5.74, 6) is -5.84. The number of halogens is 4. The number of fused-ring (bicyclic) bond motifs is 1. The SMILES string of the molecule is COc1c(C(=O)O)nc(-c2cc3c(cc2F)OC(F)(F)O3)c(F)c1N. The molecule has 1 aromatic carbocycles. The number of benzene rings is 1. The lowest BCUT2D eigenvalue weighted by atomic mass is 10.1. The van der Waals surface area contributed by atoms with Crippen LogP contribution in [0.1, 0.15) is 10.5 Å². The van der Waals surface area contributed by atoms with Crippen molar-refractivity contribution in [3.8, 4) is 28.5 Å². The molecule has 11 heteroatoms. The average Bonchev–Trinajstić information content (AvgIpc) is 2.81. The zero-order chi connectivity index (χ0) is 18.5. The Morgan fingerprint density at radius 2 is 1.88 bits per heavy atom. The normalized spacial score (nSPS) is 14.4. The van der Waals surface area contributed by atoms with E-state index >= 15 is 0 Å². The number of nitrogen functional groups attached to an aromatic ring is 1. The van der Waals surface area contributed by atoms with Gasteiger partial charge in [-0.25, -0.2) is 18.6 Å². The van der Waals surface area contributed by atoms with Crippen molar-refractivity contribution in [2.45, 2.75) is 6.29 Å². The van der Waals surface area contributed by atoms with Crippen LogP contribution < -0.4 is 19.9 Å². The minimum absolute atomic E-state index is 0.535. The Labute approximate surface area is 136 Å². The van der Waals surface area contributed by atoms with Gasteiger partial charge in [0.15, 0.2) is 28.8 Å². The smallest absolute Gasteiger partial charge is 0.492 e. The van der Waals surface area contributed by atoms with Gasteiger partial charge in [0.2, 0.25) is 0 Å². The van der Waals surface area contributed by atoms with Crippen LogP contribution in [0.4, 0.5) is 23.2 Å². The van der Waals surface area contributed by atoms with Gasteiger partial charge in [-0.1, -0.05) is 0 Å². The molecule has 0 saturated heterocycles. The maximum atomic E-state index is 14.4. The minimum Gasteiger partial charge on any atom is -0.492 e. The molecule has 0 aliphatic carbocycles. The highest BCUT2D eigenvalue weighted by molar-refractivity contribution is 5.92. The monoisotopic (exact) mass is 360 g/mol. The topological polar surface area (TPSA) is 104 Å². The zero-order valence-electron chi connectivity index (χ0n) is 12.3. The standard InChI is InChI=1S/C14H8F4N2O5/c1-23-12-9(19)8(16)10(20-11(12)13(21)22)4-2-6-7(3-5(4)15)25-14(17,18)24-6/h2-3H,1H3,(H2,19,20)(H,21,22). The van der Waals surface area contributed by atoms with E-state index in [9.17, 15) is 22.4 Å². The fourth-order valence-electron chi connectivity index (χ4n) is 2.25. The second-order valence-corrected chi connectivity index (χ2v) is 4.82. The third-order valence-corrected chi connectivity index (χ3v) is 3.28. The number of hydrogen-bond donors (Lipinski definition) is 2. The highest BCUT2D eigenvalue weighted by Gasteiger charge is 2.44. The maximum absolute atomic E-state index is 14.4. The first-order valence-electron chi connectivity index (χ1n) is 6.50. The van der Waals surface area contributed by atoms with Crippen molar-refractivity contribution in [1.29, 1.82) is 0 Å². The van der Waals surface area contributed by atoms with Crippen LogP contribution in [0.25, 0.3) is 11.3 Å². The molecule has 0 bridgehead atoms. The van der Waals surface area contributed by atoms with Crippen molar-refractivity contribution >= 4 is 11.7 Å². The lowest BCUT2D eigenvalue weighted by Gasteiger charge is -2.12. The molecule has 1 aliphatic rings. The number of alkyl halides is 2. The third kappa shape index (κ3) is 2.62. The molecule has 3 N–H and O–H groups in total. The molecule has 132 valence electrons. The fraction of sp³-hybridized carbons (Fsp3) is 0.143. The van der Waals surface area contributed by atoms with E-state index in [0.717, 1.165) is 7.11 Å². The van der Waals surface area contributed by atoms with E-state index in [4.69, 9.17) is 15.6 Å². The molecule has 0 atom stereocenters. The number of rotatable bonds is 3. The molecule has 2 heterocycles. The van der Waals surface area contributed by atoms with Gasteiger partial charge in [-0.15, -0.1) is 8.78 Å². The number of nitrogens with two attached hydrogens (primary N) is 1. The van der Waals surface area contributed by atoms with Gasteiger partial charge < -0.3 is 25.1 Å². The summed E-state index contributed by atoms with van der Waals surface area (Å²) in [6.07, 6.45) is -4.01. The summed E-state index contributed by atoms with van der Waals surface area (Å²) >= 11 is 0. The van der Waals surface area contributed by atoms with Crippen molar-refractivity contribution in [3.63, 3.8) is 0 Å². The molecule has 7 nitrogen and oxygen atoms in total. The van der Waals surface area contributed by atoms with E-state index in [1.807, 2.05) is 0 Å². The predicted octanol–water partition coefficient (Wildman–Crippen LogP) is 2.64. The minimum atomic E-state index is -4.01. The summed E-state index contributed by atoms with van der Waals surface area (Å²) in [6.45, 7) is 0. The van der Waals surface area contributed by atoms with Crippen LogP contribution in [0.2, 0.25) is 0 Å². The van der Waals surface area contributed by atoms with Crippen molar-refractivity contribution in [2.24, 2.45) is 0 Å². The van der Waals surface area contributed by atoms with Crippen LogP contribution in [0.3, 0.4) is 0 Å². The summed E-state index contributed by atoms with van der Waals surface area (Å²) < 4.78 is 67.6. The number of hydrogen-bond acceptors (Lipinski definition) is 6. The molecule has 0 spiro atoms. The molecule has 2 aromatic rings. The lowest BCUT2D eigenvalue weighted by Crippen LogP contribution is -2.25. The van der Waals surface area contributed by atoms with Gasteiger partial charge in [-0.2, -0.15) is 0 Å². The Morgan fingerprint density at radius 1 is 1.28 bits per heavy atom. The summed E-state index contributed by atoms with van der Waals surface area (Å²) in [6, 6.07) is 1.24. The highest BCUT2D eigenvalue weighted by atomic mass is 19.3. The molecule has 0 unspecified atom stereocenters. The number of aromatic nitrogens is 1. The number of carboxylic acids is 1. The van der Waals surface area contributed by atoms with Crippen molar-refractivity contribution < 1.29 is 41.7 Å². The number of aromatic carboxylic acids is 1. The Balaban J connectivity index is 2.23. The van der Waals surface area contributed by atoms with Crippen LogP contribution in [-0.2, 0) is 0 Å². The van der Waals surface area contributed by atoms with Crippen LogP contribution >= 0.6 is 0 Å². The van der Waals surface area contributed by atoms with Gasteiger partial charge >= 0.3 is 12.3 Å². The summed E-state index contributed by atoms with van der Waals surface area (Å²) in [5, 5.41) is 9.12. The van der Waals surface area contributed by atoms with Gasteiger partial charge in [-0.05, 0) is 6.07 Å². The van der Waals surface area contributed by atoms with Crippen molar-refractivity contribution in [1.82, 2.24) is 4.98 Å². The molecule has 0 radical (unpaired) electrons. The third-order valence-electron chi connectivity index (χ3n) is 3.28. The van der Waals surface area contributed by atoms with Gasteiger partial charge in [0.05, 0.1) is 7.11 Å². The maximum Gasteiger partial charge on any atom is 0.586 e. The predicted molar refractivity (Wildman–Crippen MR) is 73.7 cm³/mol. The van der Waals surface area contributed by atoms with Crippen molar-refractivity contribution in [2.75, 3.05) is 12.8 Å². The van der Waals surface area contributed by atoms with E-state index in [-0.39, 0.29) is 0 Å². The number of carboxylic acid groups (broad SMARTS) is 1. The van der Waals surface area contributed by atoms with Gasteiger partial charge in [-0.3, -0.25) is 0 Å². The van der Waals surface area contributed by atoms with E-state index in [1.165, 1.54) is 0 Å². The van der Waals surface area contributed by atoms with Crippen molar-refractivity contribution in [3.05, 3.63) is 29.5 Å². The first kappa shape index (κ1) is 16.6. The van der Waals surface area contributed by atoms with E-state index in [2.05, 4.69) is 14.5 Å². The number of pyridine rings is 1. The van der Waals surface area contributed by atoms with Gasteiger partial charge in [0.1, 0.15) is 17.2 Å². The quantitative estimate of drug-likeness (QED) is 0.811. The lowest BCUT2D eigenvalue weighted by molar-refractivity contribution is -0.286. The number of carbonyl (C=O) groups is 1. The Morgan fingerprint density at radius 3 is 2.44 bits per heavy atom. The molecule has 0 amide bonds. The highest BCUT2D eigenvalue weighted by Crippen LogP contribution is 2.45. The largest absolute Gasteiger partial charge is 0.586 e. The van der Waals surface area contributed by atoms with Gasteiger partial charge in [0, 0.05) is 11.6 Å². The number of anilines is 1. The number of ether oxygens (including phenoxy) is 3. The second kappa shape index (κ2) is 5.40. The first-order valence-corrected chi connectivity index (χ1v) is 6.50. The number of nitrogens with zero attached hydrogens (tertiary/aromatic N) is 1. The Hall–Kier alpha value is -3.24. The molecular formula is C14H8F4N2O5. The van der Waals surface area contributed by atoms with Gasteiger partial charge in [0.25, 0.3) is 0 Å². The zero-order valence-corrected chi connectivity index (χ0v) is 12.3. The summed E-state index contributed by atoms with van der Waals surface area (Å²) in [4.78, 5) is 14.7. The van der Waals surface area contributed by atoms with E-state index < -0.39 is 63.8 Å². The molecule has 3 rings (SSSR count). The average molecular weight is 360 g/mol. The molecular weight excluding hydrogens is 352 g/mol. The first-order chi connectivity index (χ1) is 11.6. The molecule has 1 aliphatic heterocycles. The van der Waals surface area contributed by atoms with Crippen LogP contribution in [-0.4, -0.2) is 29.5 Å². The number of methoxy groups -OCH3 is 1.